The minimum absolute atomic E-state index is 0.0571. The molecular weight excluding hydrogens is 316 g/mol. The molecule has 0 unspecified atom stereocenters. The largest absolute Gasteiger partial charge is 0.444 e. The van der Waals surface area contributed by atoms with Crippen LogP contribution in [0.5, 0.6) is 0 Å². The normalized spacial score (nSPS) is 21.9. The molecular formula is C19H38N4O2. The minimum Gasteiger partial charge on any atom is -0.444 e. The smallest absolute Gasteiger partial charge is 0.410 e. The summed E-state index contributed by atoms with van der Waals surface area (Å²) < 4.78 is 5.50. The Labute approximate surface area is 154 Å². The summed E-state index contributed by atoms with van der Waals surface area (Å²) >= 11 is 0. The van der Waals surface area contributed by atoms with Crippen molar-refractivity contribution in [3.05, 3.63) is 0 Å². The van der Waals surface area contributed by atoms with E-state index in [1.165, 1.54) is 0 Å². The summed E-state index contributed by atoms with van der Waals surface area (Å²) in [5.41, 5.74) is -0.382. The second-order valence-corrected chi connectivity index (χ2v) is 7.86. The molecule has 6 heteroatoms. The zero-order valence-corrected chi connectivity index (χ0v) is 17.2. The van der Waals surface area contributed by atoms with Gasteiger partial charge in [-0.3, -0.25) is 9.89 Å². The number of piperidine rings is 1. The Morgan fingerprint density at radius 1 is 1.08 bits per heavy atom. The van der Waals surface area contributed by atoms with E-state index in [2.05, 4.69) is 28.6 Å². The summed E-state index contributed by atoms with van der Waals surface area (Å²) in [6.45, 7) is 20.0. The van der Waals surface area contributed by atoms with Crippen LogP contribution in [0.1, 0.15) is 47.5 Å². The van der Waals surface area contributed by atoms with Crippen molar-refractivity contribution >= 4 is 12.8 Å². The number of carbonyl (C=O) groups is 1. The van der Waals surface area contributed by atoms with E-state index < -0.39 is 5.60 Å². The number of carbonyl (C=O) groups excluding carboxylic acids is 1. The van der Waals surface area contributed by atoms with Crippen LogP contribution in [0, 0.1) is 0 Å². The molecule has 2 fully saturated rings. The highest BCUT2D eigenvalue weighted by Crippen LogP contribution is 2.31. The number of ether oxygens (including phenoxy) is 1. The molecule has 0 N–H and O–H groups in total. The molecule has 2 aliphatic rings. The summed E-state index contributed by atoms with van der Waals surface area (Å²) in [6, 6.07) is 0. The Balaban J connectivity index is 0.00000151. The van der Waals surface area contributed by atoms with E-state index in [1.54, 1.807) is 0 Å². The molecule has 2 aliphatic heterocycles. The van der Waals surface area contributed by atoms with Crippen molar-refractivity contribution in [1.82, 2.24) is 14.7 Å². The van der Waals surface area contributed by atoms with E-state index in [-0.39, 0.29) is 11.6 Å². The maximum absolute atomic E-state index is 12.2. The van der Waals surface area contributed by atoms with Crippen LogP contribution in [-0.4, -0.2) is 91.5 Å². The van der Waals surface area contributed by atoms with E-state index in [0.29, 0.717) is 0 Å². The minimum atomic E-state index is -0.439. The number of likely N-dealkylation sites (N-methyl/N-ethyl adjacent to an activating group) is 1. The molecule has 0 spiro atoms. The third-order valence-corrected chi connectivity index (χ3v) is 4.93. The van der Waals surface area contributed by atoms with Gasteiger partial charge < -0.3 is 14.5 Å². The monoisotopic (exact) mass is 354 g/mol. The second kappa shape index (κ2) is 9.53. The van der Waals surface area contributed by atoms with Gasteiger partial charge in [-0.1, -0.05) is 13.8 Å². The molecule has 0 aromatic heterocycles. The van der Waals surface area contributed by atoms with Gasteiger partial charge in [-0.2, -0.15) is 0 Å². The predicted octanol–water partition coefficient (Wildman–Crippen LogP) is 2.73. The lowest BCUT2D eigenvalue weighted by Gasteiger charge is -2.50. The van der Waals surface area contributed by atoms with Gasteiger partial charge in [-0.15, -0.1) is 0 Å². The Kier molecular flexibility index (Phi) is 8.35. The average Bonchev–Trinajstić information content (AvgIpc) is 2.56. The molecule has 0 bridgehead atoms. The van der Waals surface area contributed by atoms with Crippen molar-refractivity contribution in [3.63, 3.8) is 0 Å². The predicted molar refractivity (Wildman–Crippen MR) is 105 cm³/mol. The first kappa shape index (κ1) is 21.9. The van der Waals surface area contributed by atoms with Crippen LogP contribution >= 0.6 is 0 Å². The van der Waals surface area contributed by atoms with Gasteiger partial charge in [-0.25, -0.2) is 4.79 Å². The molecule has 0 aromatic rings. The lowest BCUT2D eigenvalue weighted by atomic mass is 9.85. The molecule has 2 saturated heterocycles. The number of nitrogens with zero attached hydrogens (tertiary/aromatic N) is 4. The molecule has 2 rings (SSSR count). The summed E-state index contributed by atoms with van der Waals surface area (Å²) in [5.74, 6) is 0. The topological polar surface area (TPSA) is 48.4 Å². The fourth-order valence-corrected chi connectivity index (χ4v) is 3.50. The van der Waals surface area contributed by atoms with Gasteiger partial charge in [-0.05, 0) is 47.4 Å². The van der Waals surface area contributed by atoms with Crippen molar-refractivity contribution in [1.29, 1.82) is 0 Å². The molecule has 1 amide bonds. The van der Waals surface area contributed by atoms with Gasteiger partial charge in [0.05, 0.1) is 6.54 Å². The molecule has 146 valence electrons. The lowest BCUT2D eigenvalue weighted by molar-refractivity contribution is -0.0164. The van der Waals surface area contributed by atoms with E-state index in [9.17, 15) is 4.79 Å². The standard InChI is InChI=1S/C17H32N4O2.C2H6/c1-16(2,3)23-15(22)20-8-6-17(7-9-20,14-18-4)21-12-10-19(5)11-13-21;1-2/h4,6-14H2,1-3,5H3;1-2H3. The number of hydrogen-bond acceptors (Lipinski definition) is 5. The number of amides is 1. The highest BCUT2D eigenvalue weighted by Gasteiger charge is 2.42. The quantitative estimate of drug-likeness (QED) is 0.731. The van der Waals surface area contributed by atoms with Crippen molar-refractivity contribution in [2.24, 2.45) is 4.99 Å². The highest BCUT2D eigenvalue weighted by molar-refractivity contribution is 5.68. The van der Waals surface area contributed by atoms with Gasteiger partial charge in [0.25, 0.3) is 0 Å². The fourth-order valence-electron chi connectivity index (χ4n) is 3.50. The molecule has 2 heterocycles. The third-order valence-electron chi connectivity index (χ3n) is 4.93. The zero-order chi connectivity index (χ0) is 19.1. The van der Waals surface area contributed by atoms with E-state index in [0.717, 1.165) is 58.7 Å². The molecule has 0 radical (unpaired) electrons. The molecule has 25 heavy (non-hydrogen) atoms. The third kappa shape index (κ3) is 6.26. The van der Waals surface area contributed by atoms with Crippen LogP contribution in [0.3, 0.4) is 0 Å². The van der Waals surface area contributed by atoms with Crippen LogP contribution in [-0.2, 0) is 4.74 Å². The maximum Gasteiger partial charge on any atom is 0.410 e. The molecule has 0 atom stereocenters. The summed E-state index contributed by atoms with van der Waals surface area (Å²) in [7, 11) is 2.17. The SMILES string of the molecule is C=NCC1(N2CCN(C)CC2)CCN(C(=O)OC(C)(C)C)CC1.CC. The van der Waals surface area contributed by atoms with Crippen LogP contribution in [0.25, 0.3) is 0 Å². The molecule has 0 aromatic carbocycles. The maximum atomic E-state index is 12.2. The summed E-state index contributed by atoms with van der Waals surface area (Å²) in [4.78, 5) is 23.2. The molecule has 0 aliphatic carbocycles. The molecule has 0 saturated carbocycles. The number of hydrogen-bond donors (Lipinski definition) is 0. The van der Waals surface area contributed by atoms with Crippen molar-refractivity contribution < 1.29 is 9.53 Å². The van der Waals surface area contributed by atoms with Crippen LogP contribution in [0.4, 0.5) is 4.79 Å². The first-order chi connectivity index (χ1) is 11.8. The fraction of sp³-hybridized carbons (Fsp3) is 0.895. The average molecular weight is 355 g/mol. The van der Waals surface area contributed by atoms with Gasteiger partial charge in [0, 0.05) is 44.8 Å². The summed E-state index contributed by atoms with van der Waals surface area (Å²) in [6.07, 6.45) is 1.68. The number of likely N-dealkylation sites (tertiary alicyclic amines) is 1. The molecule has 6 nitrogen and oxygen atoms in total. The Morgan fingerprint density at radius 3 is 2.04 bits per heavy atom. The number of aliphatic imine (C=N–C) groups is 1. The zero-order valence-electron chi connectivity index (χ0n) is 17.2. The second-order valence-electron chi connectivity index (χ2n) is 7.86. The van der Waals surface area contributed by atoms with Crippen LogP contribution < -0.4 is 0 Å². The van der Waals surface area contributed by atoms with Gasteiger partial charge in [0.15, 0.2) is 0 Å². The number of rotatable bonds is 3. The number of piperazine rings is 1. The first-order valence-corrected chi connectivity index (χ1v) is 9.60. The summed E-state index contributed by atoms with van der Waals surface area (Å²) in [5, 5.41) is 0. The Bertz CT molecular complexity index is 418. The van der Waals surface area contributed by atoms with Crippen molar-refractivity contribution in [3.8, 4) is 0 Å². The van der Waals surface area contributed by atoms with Crippen molar-refractivity contribution in [2.45, 2.75) is 58.6 Å². The van der Waals surface area contributed by atoms with Gasteiger partial charge >= 0.3 is 6.09 Å². The van der Waals surface area contributed by atoms with Gasteiger partial charge in [0.1, 0.15) is 5.60 Å². The van der Waals surface area contributed by atoms with Crippen molar-refractivity contribution in [2.75, 3.05) is 52.9 Å². The van der Waals surface area contributed by atoms with Crippen LogP contribution in [0.2, 0.25) is 0 Å². The van der Waals surface area contributed by atoms with Crippen LogP contribution in [0.15, 0.2) is 4.99 Å². The van der Waals surface area contributed by atoms with E-state index in [4.69, 9.17) is 4.74 Å². The Morgan fingerprint density at radius 2 is 1.60 bits per heavy atom. The lowest BCUT2D eigenvalue weighted by Crippen LogP contribution is -2.62. The first-order valence-electron chi connectivity index (χ1n) is 9.60. The van der Waals surface area contributed by atoms with Gasteiger partial charge in [0.2, 0.25) is 0 Å². The van der Waals surface area contributed by atoms with E-state index in [1.807, 2.05) is 39.5 Å². The highest BCUT2D eigenvalue weighted by atomic mass is 16.6. The Hall–Kier alpha value is -1.14. The van der Waals surface area contributed by atoms with E-state index >= 15 is 0 Å².